The Morgan fingerprint density at radius 2 is 2.06 bits per heavy atom. The SMILES string of the molecule is Cc1cc(C(=O)NC(C)CS(C)(=O)=O)ccc1O. The molecule has 1 amide bonds. The minimum absolute atomic E-state index is 0.101. The van der Waals surface area contributed by atoms with E-state index in [1.165, 1.54) is 12.1 Å². The zero-order valence-corrected chi connectivity index (χ0v) is 11.4. The summed E-state index contributed by atoms with van der Waals surface area (Å²) >= 11 is 0. The van der Waals surface area contributed by atoms with Crippen LogP contribution in [0.25, 0.3) is 0 Å². The number of benzene rings is 1. The summed E-state index contributed by atoms with van der Waals surface area (Å²) in [5.74, 6) is -0.333. The molecular weight excluding hydrogens is 254 g/mol. The van der Waals surface area contributed by atoms with Gasteiger partial charge in [0.2, 0.25) is 0 Å². The third kappa shape index (κ3) is 4.37. The van der Waals surface area contributed by atoms with E-state index < -0.39 is 15.9 Å². The number of sulfone groups is 1. The zero-order valence-electron chi connectivity index (χ0n) is 10.6. The van der Waals surface area contributed by atoms with Gasteiger partial charge in [-0.05, 0) is 37.6 Å². The molecule has 1 unspecified atom stereocenters. The van der Waals surface area contributed by atoms with Crippen LogP contribution >= 0.6 is 0 Å². The lowest BCUT2D eigenvalue weighted by molar-refractivity contribution is 0.0943. The standard InChI is InChI=1S/C12H17NO4S/c1-8-6-10(4-5-11(8)14)12(15)13-9(2)7-18(3,16)17/h4-6,9,14H,7H2,1-3H3,(H,13,15). The Hall–Kier alpha value is -1.56. The lowest BCUT2D eigenvalue weighted by Gasteiger charge is -2.13. The van der Waals surface area contributed by atoms with Crippen molar-refractivity contribution < 1.29 is 18.3 Å². The Bertz CT molecular complexity index is 551. The summed E-state index contributed by atoms with van der Waals surface area (Å²) in [5, 5.41) is 11.9. The molecule has 1 aromatic carbocycles. The van der Waals surface area contributed by atoms with E-state index >= 15 is 0 Å². The number of phenolic OH excluding ortho intramolecular Hbond substituents is 1. The highest BCUT2D eigenvalue weighted by Crippen LogP contribution is 2.16. The molecule has 0 saturated carbocycles. The topological polar surface area (TPSA) is 83.5 Å². The molecule has 2 N–H and O–H groups in total. The lowest BCUT2D eigenvalue weighted by Crippen LogP contribution is -2.37. The van der Waals surface area contributed by atoms with Crippen LogP contribution in [0.3, 0.4) is 0 Å². The molecule has 0 bridgehead atoms. The molecule has 0 aliphatic carbocycles. The molecule has 1 atom stereocenters. The van der Waals surface area contributed by atoms with Crippen LogP contribution in [-0.2, 0) is 9.84 Å². The first kappa shape index (κ1) is 14.5. The number of aromatic hydroxyl groups is 1. The molecule has 6 heteroatoms. The van der Waals surface area contributed by atoms with E-state index in [4.69, 9.17) is 0 Å². The number of amides is 1. The van der Waals surface area contributed by atoms with E-state index in [1.807, 2.05) is 0 Å². The smallest absolute Gasteiger partial charge is 0.251 e. The molecule has 0 heterocycles. The quantitative estimate of drug-likeness (QED) is 0.851. The summed E-state index contributed by atoms with van der Waals surface area (Å²) in [6, 6.07) is 4.02. The van der Waals surface area contributed by atoms with Crippen molar-refractivity contribution in [2.75, 3.05) is 12.0 Å². The van der Waals surface area contributed by atoms with Gasteiger partial charge in [-0.2, -0.15) is 0 Å². The third-order valence-corrected chi connectivity index (χ3v) is 3.49. The summed E-state index contributed by atoms with van der Waals surface area (Å²) in [5.41, 5.74) is 0.990. The fraction of sp³-hybridized carbons (Fsp3) is 0.417. The Balaban J connectivity index is 2.73. The summed E-state index contributed by atoms with van der Waals surface area (Å²) in [4.78, 5) is 11.8. The van der Waals surface area contributed by atoms with Gasteiger partial charge in [0, 0.05) is 17.9 Å². The van der Waals surface area contributed by atoms with Crippen molar-refractivity contribution in [1.29, 1.82) is 0 Å². The average Bonchev–Trinajstić information content (AvgIpc) is 2.18. The van der Waals surface area contributed by atoms with Gasteiger partial charge in [-0.1, -0.05) is 0 Å². The van der Waals surface area contributed by atoms with Crippen LogP contribution in [-0.4, -0.2) is 37.5 Å². The van der Waals surface area contributed by atoms with E-state index in [0.717, 1.165) is 6.26 Å². The number of rotatable bonds is 4. The normalized spacial score (nSPS) is 13.1. The van der Waals surface area contributed by atoms with Crippen LogP contribution in [0.5, 0.6) is 5.75 Å². The van der Waals surface area contributed by atoms with Gasteiger partial charge in [0.1, 0.15) is 15.6 Å². The van der Waals surface area contributed by atoms with Crippen LogP contribution in [0, 0.1) is 6.92 Å². The Morgan fingerprint density at radius 3 is 2.56 bits per heavy atom. The van der Waals surface area contributed by atoms with Crippen molar-refractivity contribution in [3.63, 3.8) is 0 Å². The van der Waals surface area contributed by atoms with Gasteiger partial charge in [-0.3, -0.25) is 4.79 Å². The van der Waals surface area contributed by atoms with Crippen molar-refractivity contribution in [2.45, 2.75) is 19.9 Å². The maximum Gasteiger partial charge on any atom is 0.251 e. The maximum absolute atomic E-state index is 11.8. The van der Waals surface area contributed by atoms with Gasteiger partial charge in [0.05, 0.1) is 5.75 Å². The monoisotopic (exact) mass is 271 g/mol. The molecule has 0 saturated heterocycles. The molecule has 1 rings (SSSR count). The van der Waals surface area contributed by atoms with Crippen molar-refractivity contribution in [3.8, 4) is 5.75 Å². The highest BCUT2D eigenvalue weighted by molar-refractivity contribution is 7.90. The Morgan fingerprint density at radius 1 is 1.44 bits per heavy atom. The molecule has 0 spiro atoms. The molecule has 100 valence electrons. The van der Waals surface area contributed by atoms with Crippen molar-refractivity contribution in [2.24, 2.45) is 0 Å². The molecule has 0 fully saturated rings. The number of carbonyl (C=O) groups is 1. The van der Waals surface area contributed by atoms with Gasteiger partial charge in [0.25, 0.3) is 5.91 Å². The Labute approximate surface area is 107 Å². The van der Waals surface area contributed by atoms with Crippen LogP contribution in [0.15, 0.2) is 18.2 Å². The second kappa shape index (κ2) is 5.39. The Kier molecular flexibility index (Phi) is 4.34. The average molecular weight is 271 g/mol. The van der Waals surface area contributed by atoms with Gasteiger partial charge in [-0.15, -0.1) is 0 Å². The highest BCUT2D eigenvalue weighted by Gasteiger charge is 2.14. The molecule has 0 radical (unpaired) electrons. The number of hydrogen-bond acceptors (Lipinski definition) is 4. The van der Waals surface area contributed by atoms with Gasteiger partial charge < -0.3 is 10.4 Å². The number of carbonyl (C=O) groups excluding carboxylic acids is 1. The second-order valence-corrected chi connectivity index (χ2v) is 6.65. The molecule has 18 heavy (non-hydrogen) atoms. The summed E-state index contributed by atoms with van der Waals surface area (Å²) in [6.45, 7) is 3.32. The fourth-order valence-corrected chi connectivity index (χ4v) is 2.59. The number of phenols is 1. The first-order chi connectivity index (χ1) is 8.19. The highest BCUT2D eigenvalue weighted by atomic mass is 32.2. The minimum Gasteiger partial charge on any atom is -0.508 e. The zero-order chi connectivity index (χ0) is 13.9. The molecule has 0 aromatic heterocycles. The van der Waals surface area contributed by atoms with Crippen molar-refractivity contribution in [1.82, 2.24) is 5.32 Å². The lowest BCUT2D eigenvalue weighted by atomic mass is 10.1. The van der Waals surface area contributed by atoms with Gasteiger partial charge >= 0.3 is 0 Å². The van der Waals surface area contributed by atoms with Crippen molar-refractivity contribution >= 4 is 15.7 Å². The molecule has 0 aliphatic heterocycles. The van der Waals surface area contributed by atoms with Crippen LogP contribution in [0.2, 0.25) is 0 Å². The number of hydrogen-bond donors (Lipinski definition) is 2. The molecule has 1 aromatic rings. The van der Waals surface area contributed by atoms with E-state index in [9.17, 15) is 18.3 Å². The largest absolute Gasteiger partial charge is 0.508 e. The number of nitrogens with one attached hydrogen (secondary N) is 1. The van der Waals surface area contributed by atoms with Gasteiger partial charge in [0.15, 0.2) is 0 Å². The van der Waals surface area contributed by atoms with E-state index in [0.29, 0.717) is 11.1 Å². The van der Waals surface area contributed by atoms with E-state index in [2.05, 4.69) is 5.32 Å². The first-order valence-electron chi connectivity index (χ1n) is 5.47. The van der Waals surface area contributed by atoms with Crippen molar-refractivity contribution in [3.05, 3.63) is 29.3 Å². The summed E-state index contributed by atoms with van der Waals surface area (Å²) < 4.78 is 22.1. The second-order valence-electron chi connectivity index (χ2n) is 4.47. The summed E-state index contributed by atoms with van der Waals surface area (Å²) in [7, 11) is -3.12. The fourth-order valence-electron chi connectivity index (χ4n) is 1.60. The van der Waals surface area contributed by atoms with E-state index in [1.54, 1.807) is 19.9 Å². The summed E-state index contributed by atoms with van der Waals surface area (Å²) in [6.07, 6.45) is 1.13. The van der Waals surface area contributed by atoms with Crippen LogP contribution in [0.4, 0.5) is 0 Å². The molecular formula is C12H17NO4S. The predicted molar refractivity (Wildman–Crippen MR) is 69.5 cm³/mol. The minimum atomic E-state index is -3.12. The first-order valence-corrected chi connectivity index (χ1v) is 7.53. The van der Waals surface area contributed by atoms with Crippen LogP contribution < -0.4 is 5.32 Å². The number of aryl methyl sites for hydroxylation is 1. The maximum atomic E-state index is 11.8. The molecule has 5 nitrogen and oxygen atoms in total. The molecule has 0 aliphatic rings. The van der Waals surface area contributed by atoms with Crippen LogP contribution in [0.1, 0.15) is 22.8 Å². The third-order valence-electron chi connectivity index (χ3n) is 2.39. The van der Waals surface area contributed by atoms with E-state index in [-0.39, 0.29) is 17.4 Å². The predicted octanol–water partition coefficient (Wildman–Crippen LogP) is 0.864. The van der Waals surface area contributed by atoms with Gasteiger partial charge in [-0.25, -0.2) is 8.42 Å².